The van der Waals surface area contributed by atoms with Crippen molar-refractivity contribution in [1.29, 1.82) is 0 Å². The average molecular weight is 150 g/mol. The smallest absolute Gasteiger partial charge is 0.0757 e. The summed E-state index contributed by atoms with van der Waals surface area (Å²) >= 11 is 0. The minimum absolute atomic E-state index is 0.102. The van der Waals surface area contributed by atoms with Gasteiger partial charge >= 0.3 is 0 Å². The number of rotatable bonds is 0. The molecule has 0 spiro atoms. The maximum atomic E-state index is 9.63. The van der Waals surface area contributed by atoms with Crippen molar-refractivity contribution in [3.8, 4) is 0 Å². The van der Waals surface area contributed by atoms with E-state index in [-0.39, 0.29) is 6.10 Å². The van der Waals surface area contributed by atoms with Gasteiger partial charge in [0.2, 0.25) is 0 Å². The van der Waals surface area contributed by atoms with Crippen LogP contribution in [0.25, 0.3) is 0 Å². The van der Waals surface area contributed by atoms with Gasteiger partial charge in [0.1, 0.15) is 0 Å². The summed E-state index contributed by atoms with van der Waals surface area (Å²) in [6.07, 6.45) is 8.37. The van der Waals surface area contributed by atoms with Crippen molar-refractivity contribution in [3.05, 3.63) is 12.2 Å². The van der Waals surface area contributed by atoms with E-state index in [0.29, 0.717) is 5.92 Å². The van der Waals surface area contributed by atoms with Gasteiger partial charge in [-0.25, -0.2) is 0 Å². The molecular weight excluding hydrogens is 136 g/mol. The standard InChI is InChI=1S/C10H14O/c11-9-4-3-8-6-1-2-7(5-6)10(8)9/h3-4,6-11H,1-2,5H2/t6-,7+,8?,9-,10?/m0/s1. The van der Waals surface area contributed by atoms with E-state index in [4.69, 9.17) is 0 Å². The first-order valence-electron chi connectivity index (χ1n) is 4.72. The Morgan fingerprint density at radius 3 is 2.73 bits per heavy atom. The lowest BCUT2D eigenvalue weighted by atomic mass is 9.80. The van der Waals surface area contributed by atoms with E-state index < -0.39 is 0 Å². The Hall–Kier alpha value is -0.300. The highest BCUT2D eigenvalue weighted by atomic mass is 16.3. The van der Waals surface area contributed by atoms with Crippen LogP contribution in [0.1, 0.15) is 19.3 Å². The van der Waals surface area contributed by atoms with Gasteiger partial charge in [0.05, 0.1) is 6.10 Å². The highest BCUT2D eigenvalue weighted by molar-refractivity contribution is 5.16. The highest BCUT2D eigenvalue weighted by Gasteiger charge is 2.50. The second-order valence-corrected chi connectivity index (χ2v) is 4.36. The molecule has 2 unspecified atom stereocenters. The van der Waals surface area contributed by atoms with Crippen molar-refractivity contribution >= 4 is 0 Å². The molecule has 0 radical (unpaired) electrons. The zero-order valence-electron chi connectivity index (χ0n) is 6.61. The number of hydrogen-bond donors (Lipinski definition) is 1. The molecule has 60 valence electrons. The van der Waals surface area contributed by atoms with E-state index >= 15 is 0 Å². The quantitative estimate of drug-likeness (QED) is 0.520. The summed E-state index contributed by atoms with van der Waals surface area (Å²) in [7, 11) is 0. The van der Waals surface area contributed by atoms with Gasteiger partial charge in [0, 0.05) is 0 Å². The van der Waals surface area contributed by atoms with Crippen LogP contribution in [0.4, 0.5) is 0 Å². The molecule has 0 aromatic rings. The molecule has 3 rings (SSSR count). The third kappa shape index (κ3) is 0.652. The van der Waals surface area contributed by atoms with E-state index in [1.54, 1.807) is 0 Å². The summed E-state index contributed by atoms with van der Waals surface area (Å²) in [4.78, 5) is 0. The van der Waals surface area contributed by atoms with Crippen LogP contribution >= 0.6 is 0 Å². The normalized spacial score (nSPS) is 58.8. The molecule has 2 bridgehead atoms. The summed E-state index contributed by atoms with van der Waals surface area (Å²) in [5.41, 5.74) is 0. The fourth-order valence-electron chi connectivity index (χ4n) is 3.54. The second-order valence-electron chi connectivity index (χ2n) is 4.36. The van der Waals surface area contributed by atoms with Gasteiger partial charge in [-0.1, -0.05) is 12.2 Å². The van der Waals surface area contributed by atoms with Crippen molar-refractivity contribution in [1.82, 2.24) is 0 Å². The van der Waals surface area contributed by atoms with Gasteiger partial charge in [0.15, 0.2) is 0 Å². The van der Waals surface area contributed by atoms with E-state index in [1.165, 1.54) is 19.3 Å². The van der Waals surface area contributed by atoms with Crippen LogP contribution in [0.2, 0.25) is 0 Å². The van der Waals surface area contributed by atoms with E-state index in [9.17, 15) is 5.11 Å². The summed E-state index contributed by atoms with van der Waals surface area (Å²) < 4.78 is 0. The Balaban J connectivity index is 1.96. The Morgan fingerprint density at radius 1 is 1.09 bits per heavy atom. The Morgan fingerprint density at radius 2 is 1.91 bits per heavy atom. The summed E-state index contributed by atoms with van der Waals surface area (Å²) in [5, 5.41) is 9.63. The first kappa shape index (κ1) is 6.24. The summed E-state index contributed by atoms with van der Waals surface area (Å²) in [5.74, 6) is 3.16. The van der Waals surface area contributed by atoms with Crippen LogP contribution in [0.5, 0.6) is 0 Å². The van der Waals surface area contributed by atoms with E-state index in [2.05, 4.69) is 6.08 Å². The lowest BCUT2D eigenvalue weighted by Crippen LogP contribution is -2.25. The van der Waals surface area contributed by atoms with Crippen molar-refractivity contribution in [2.45, 2.75) is 25.4 Å². The third-order valence-corrected chi connectivity index (χ3v) is 3.97. The molecule has 0 aromatic heterocycles. The molecule has 3 aliphatic rings. The fourth-order valence-corrected chi connectivity index (χ4v) is 3.54. The third-order valence-electron chi connectivity index (χ3n) is 3.97. The van der Waals surface area contributed by atoms with Gasteiger partial charge in [0.25, 0.3) is 0 Å². The summed E-state index contributed by atoms with van der Waals surface area (Å²) in [6, 6.07) is 0. The molecule has 5 atom stereocenters. The molecule has 0 aromatic carbocycles. The van der Waals surface area contributed by atoms with Crippen LogP contribution in [0.15, 0.2) is 12.2 Å². The van der Waals surface area contributed by atoms with Gasteiger partial charge in [-0.2, -0.15) is 0 Å². The number of allylic oxidation sites excluding steroid dienone is 1. The maximum Gasteiger partial charge on any atom is 0.0757 e. The molecule has 2 saturated carbocycles. The molecule has 2 fully saturated rings. The van der Waals surface area contributed by atoms with Gasteiger partial charge < -0.3 is 5.11 Å². The van der Waals surface area contributed by atoms with Gasteiger partial charge in [-0.15, -0.1) is 0 Å². The molecule has 0 aliphatic heterocycles. The van der Waals surface area contributed by atoms with Crippen molar-refractivity contribution in [3.63, 3.8) is 0 Å². The van der Waals surface area contributed by atoms with Crippen molar-refractivity contribution < 1.29 is 5.11 Å². The molecule has 1 N–H and O–H groups in total. The van der Waals surface area contributed by atoms with Crippen molar-refractivity contribution in [2.24, 2.45) is 23.7 Å². The van der Waals surface area contributed by atoms with Crippen LogP contribution < -0.4 is 0 Å². The van der Waals surface area contributed by atoms with Crippen molar-refractivity contribution in [2.75, 3.05) is 0 Å². The van der Waals surface area contributed by atoms with Gasteiger partial charge in [-0.3, -0.25) is 0 Å². The lowest BCUT2D eigenvalue weighted by molar-refractivity contribution is 0.105. The molecule has 0 amide bonds. The topological polar surface area (TPSA) is 20.2 Å². The number of aliphatic hydroxyl groups is 1. The predicted molar refractivity (Wildman–Crippen MR) is 43.0 cm³/mol. The van der Waals surface area contributed by atoms with Crippen LogP contribution in [0.3, 0.4) is 0 Å². The van der Waals surface area contributed by atoms with E-state index in [1.807, 2.05) is 6.08 Å². The lowest BCUT2D eigenvalue weighted by Gasteiger charge is -2.26. The Kier molecular flexibility index (Phi) is 1.07. The molecule has 1 nitrogen and oxygen atoms in total. The first-order valence-corrected chi connectivity index (χ1v) is 4.72. The Bertz CT molecular complexity index is 209. The fraction of sp³-hybridized carbons (Fsp3) is 0.800. The average Bonchev–Trinajstić information content (AvgIpc) is 2.60. The Labute approximate surface area is 67.1 Å². The number of hydrogen-bond acceptors (Lipinski definition) is 1. The minimum Gasteiger partial charge on any atom is -0.389 e. The predicted octanol–water partition coefficient (Wildman–Crippen LogP) is 1.58. The SMILES string of the molecule is O[C@H]1C=CC2C1[C@@H]1CC[C@H]2C1. The van der Waals surface area contributed by atoms with Crippen LogP contribution in [0, 0.1) is 23.7 Å². The van der Waals surface area contributed by atoms with Gasteiger partial charge in [-0.05, 0) is 42.9 Å². The maximum absolute atomic E-state index is 9.63. The zero-order valence-corrected chi connectivity index (χ0v) is 6.61. The molecular formula is C10H14O. The molecule has 11 heavy (non-hydrogen) atoms. The van der Waals surface area contributed by atoms with Crippen LogP contribution in [-0.4, -0.2) is 11.2 Å². The number of aliphatic hydroxyl groups excluding tert-OH is 1. The highest BCUT2D eigenvalue weighted by Crippen LogP contribution is 2.56. The van der Waals surface area contributed by atoms with E-state index in [0.717, 1.165) is 17.8 Å². The minimum atomic E-state index is -0.102. The molecule has 3 aliphatic carbocycles. The second kappa shape index (κ2) is 1.89. The largest absolute Gasteiger partial charge is 0.389 e. The molecule has 1 heteroatoms. The zero-order chi connectivity index (χ0) is 7.42. The monoisotopic (exact) mass is 150 g/mol. The summed E-state index contributed by atoms with van der Waals surface area (Å²) in [6.45, 7) is 0. The molecule has 0 heterocycles. The molecule has 0 saturated heterocycles. The van der Waals surface area contributed by atoms with Crippen LogP contribution in [-0.2, 0) is 0 Å². The number of fused-ring (bicyclic) bond motifs is 5. The first-order chi connectivity index (χ1) is 5.36.